The van der Waals surface area contributed by atoms with Crippen LogP contribution in [0.25, 0.3) is 33.2 Å². The Morgan fingerprint density at radius 2 is 2.02 bits per heavy atom. The van der Waals surface area contributed by atoms with Gasteiger partial charge in [0.05, 0.1) is 27.2 Å². The van der Waals surface area contributed by atoms with Crippen LogP contribution in [-0.4, -0.2) is 53.7 Å². The largest absolute Gasteiger partial charge is 0.465 e. The van der Waals surface area contributed by atoms with E-state index in [-0.39, 0.29) is 30.5 Å². The third-order valence-corrected chi connectivity index (χ3v) is 8.61. The lowest BCUT2D eigenvalue weighted by atomic mass is 9.70. The summed E-state index contributed by atoms with van der Waals surface area (Å²) >= 11 is 6.78. The minimum Gasteiger partial charge on any atom is -0.465 e. The maximum absolute atomic E-state index is 15.1. The molecule has 0 bridgehead atoms. The molecule has 220 valence electrons. The van der Waals surface area contributed by atoms with Gasteiger partial charge < -0.3 is 15.3 Å². The molecule has 1 amide bonds. The first-order valence-electron chi connectivity index (χ1n) is 13.7. The van der Waals surface area contributed by atoms with Crippen molar-refractivity contribution in [3.8, 4) is 17.3 Å². The molecule has 2 atom stereocenters. The van der Waals surface area contributed by atoms with Gasteiger partial charge in [-0.3, -0.25) is 9.78 Å². The molecule has 2 aromatic carbocycles. The zero-order valence-electron chi connectivity index (χ0n) is 24.0. The monoisotopic (exact) mass is 601 g/mol. The number of H-pyrrole nitrogens is 1. The van der Waals surface area contributed by atoms with Crippen molar-refractivity contribution in [3.05, 3.63) is 64.7 Å². The first kappa shape index (κ1) is 28.4. The third-order valence-electron chi connectivity index (χ3n) is 8.20. The maximum Gasteiger partial charge on any atom is 0.405 e. The number of nitrogens with one attached hydrogen (secondary N) is 2. The quantitative estimate of drug-likeness (QED) is 0.236. The number of amides is 1. The van der Waals surface area contributed by atoms with Gasteiger partial charge in [0.25, 0.3) is 0 Å². The fourth-order valence-corrected chi connectivity index (χ4v) is 6.49. The van der Waals surface area contributed by atoms with Crippen molar-refractivity contribution in [1.82, 2.24) is 35.3 Å². The highest BCUT2D eigenvalue weighted by molar-refractivity contribution is 6.38. The van der Waals surface area contributed by atoms with Gasteiger partial charge in [-0.1, -0.05) is 50.6 Å². The van der Waals surface area contributed by atoms with E-state index in [9.17, 15) is 15.2 Å². The van der Waals surface area contributed by atoms with Gasteiger partial charge in [-0.25, -0.2) is 14.2 Å². The molecule has 4 heterocycles. The van der Waals surface area contributed by atoms with Gasteiger partial charge in [-0.2, -0.15) is 20.4 Å². The first-order valence-corrected chi connectivity index (χ1v) is 14.1. The van der Waals surface area contributed by atoms with Crippen LogP contribution in [0, 0.1) is 22.6 Å². The lowest BCUT2D eigenvalue weighted by Crippen LogP contribution is -2.60. The van der Waals surface area contributed by atoms with E-state index in [1.54, 1.807) is 22.9 Å². The molecule has 3 N–H and O–H groups in total. The normalized spacial score (nSPS) is 19.1. The number of carboxylic acid groups (broad SMARTS) is 1. The van der Waals surface area contributed by atoms with Crippen molar-refractivity contribution in [2.75, 3.05) is 11.4 Å². The van der Waals surface area contributed by atoms with E-state index >= 15 is 4.39 Å². The SMILES string of the molecule is Cn1cc2c(Cl)c(-c3[nH]nc4nc(N5CCC(NC(=O)O)(c6ccccc6F)CC5C(C)(C)C)nc(C#N)c34)ccc2n1. The van der Waals surface area contributed by atoms with E-state index in [4.69, 9.17) is 16.6 Å². The Balaban J connectivity index is 1.45. The number of hydrogen-bond acceptors (Lipinski definition) is 7. The number of aromatic amines is 1. The molecule has 1 aliphatic rings. The van der Waals surface area contributed by atoms with Crippen LogP contribution in [0.4, 0.5) is 15.1 Å². The van der Waals surface area contributed by atoms with Gasteiger partial charge in [-0.15, -0.1) is 0 Å². The molecule has 11 nitrogen and oxygen atoms in total. The minimum atomic E-state index is -1.24. The summed E-state index contributed by atoms with van der Waals surface area (Å²) in [6, 6.07) is 11.8. The lowest BCUT2D eigenvalue weighted by Gasteiger charge is -2.51. The molecular weight excluding hydrogens is 573 g/mol. The fourth-order valence-electron chi connectivity index (χ4n) is 6.19. The predicted molar refractivity (Wildman–Crippen MR) is 160 cm³/mol. The Labute approximate surface area is 251 Å². The number of benzene rings is 2. The third kappa shape index (κ3) is 4.79. The number of aryl methyl sites for hydroxylation is 1. The van der Waals surface area contributed by atoms with Crippen molar-refractivity contribution >= 4 is 45.6 Å². The van der Waals surface area contributed by atoms with Crippen molar-refractivity contribution in [3.63, 3.8) is 0 Å². The maximum atomic E-state index is 15.1. The molecule has 1 aliphatic heterocycles. The average Bonchev–Trinajstić information content (AvgIpc) is 3.55. The van der Waals surface area contributed by atoms with E-state index in [2.05, 4.69) is 31.7 Å². The summed E-state index contributed by atoms with van der Waals surface area (Å²) in [6.45, 7) is 6.37. The van der Waals surface area contributed by atoms with E-state index in [1.165, 1.54) is 6.07 Å². The number of piperidine rings is 1. The van der Waals surface area contributed by atoms with Crippen LogP contribution in [0.3, 0.4) is 0 Å². The van der Waals surface area contributed by atoms with Crippen molar-refractivity contribution in [2.45, 2.75) is 45.2 Å². The number of aromatic nitrogens is 6. The molecule has 6 rings (SSSR count). The topological polar surface area (TPSA) is 149 Å². The summed E-state index contributed by atoms with van der Waals surface area (Å²) < 4.78 is 16.8. The van der Waals surface area contributed by atoms with E-state index in [0.29, 0.717) is 39.4 Å². The summed E-state index contributed by atoms with van der Waals surface area (Å²) in [5.41, 5.74) is 1.01. The molecule has 5 aromatic rings. The summed E-state index contributed by atoms with van der Waals surface area (Å²) in [6.07, 6.45) is 1.09. The van der Waals surface area contributed by atoms with E-state index in [1.807, 2.05) is 51.0 Å². The molecule has 13 heteroatoms. The molecule has 1 saturated heterocycles. The van der Waals surface area contributed by atoms with Crippen molar-refractivity contribution in [2.24, 2.45) is 12.5 Å². The molecule has 0 aliphatic carbocycles. The predicted octanol–water partition coefficient (Wildman–Crippen LogP) is 5.75. The second-order valence-corrected chi connectivity index (χ2v) is 12.3. The number of fused-ring (bicyclic) bond motifs is 2. The summed E-state index contributed by atoms with van der Waals surface area (Å²) in [7, 11) is 1.81. The number of anilines is 1. The Morgan fingerprint density at radius 3 is 2.72 bits per heavy atom. The summed E-state index contributed by atoms with van der Waals surface area (Å²) in [5, 5.41) is 36.1. The fraction of sp³-hybridized carbons (Fsp3) is 0.333. The second kappa shape index (κ2) is 10.2. The number of rotatable bonds is 4. The van der Waals surface area contributed by atoms with Crippen molar-refractivity contribution < 1.29 is 14.3 Å². The van der Waals surface area contributed by atoms with Gasteiger partial charge in [0.2, 0.25) is 5.95 Å². The summed E-state index contributed by atoms with van der Waals surface area (Å²) in [5.74, 6) is -0.192. The van der Waals surface area contributed by atoms with Gasteiger partial charge in [0, 0.05) is 42.3 Å². The van der Waals surface area contributed by atoms with Crippen LogP contribution in [0.2, 0.25) is 5.02 Å². The molecule has 2 unspecified atom stereocenters. The first-order chi connectivity index (χ1) is 20.4. The van der Waals surface area contributed by atoms with Crippen LogP contribution >= 0.6 is 11.6 Å². The van der Waals surface area contributed by atoms with Crippen LogP contribution in [0.15, 0.2) is 42.6 Å². The smallest absolute Gasteiger partial charge is 0.405 e. The van der Waals surface area contributed by atoms with E-state index < -0.39 is 22.9 Å². The Bertz CT molecular complexity index is 1940. The standard InChI is InChI=1S/C30H29ClFN9O2/c1-29(2,3)22-13-30(36-28(42)43,18-7-5-6-8-19(18)32)11-12-41(22)27-34-21(14-33)23-25(37-38-26(23)35-27)16-9-10-20-17(24(16)31)15-40(4)39-20/h5-10,15,22,36H,11-13H2,1-4H3,(H,42,43)(H,34,35,37,38). The van der Waals surface area contributed by atoms with Crippen LogP contribution in [0.1, 0.15) is 44.9 Å². The molecule has 3 aromatic heterocycles. The Hall–Kier alpha value is -4.76. The average molecular weight is 602 g/mol. The second-order valence-electron chi connectivity index (χ2n) is 12.0. The van der Waals surface area contributed by atoms with Gasteiger partial charge >= 0.3 is 6.09 Å². The molecule has 0 radical (unpaired) electrons. The van der Waals surface area contributed by atoms with Gasteiger partial charge in [-0.05, 0) is 36.5 Å². The zero-order valence-corrected chi connectivity index (χ0v) is 24.7. The number of nitrogens with zero attached hydrogens (tertiary/aromatic N) is 7. The highest BCUT2D eigenvalue weighted by atomic mass is 35.5. The Kier molecular flexibility index (Phi) is 6.73. The minimum absolute atomic E-state index is 0.119. The molecule has 43 heavy (non-hydrogen) atoms. The summed E-state index contributed by atoms with van der Waals surface area (Å²) in [4.78, 5) is 23.4. The van der Waals surface area contributed by atoms with Crippen molar-refractivity contribution in [1.29, 1.82) is 5.26 Å². The molecule has 0 saturated carbocycles. The van der Waals surface area contributed by atoms with Gasteiger partial charge in [0.15, 0.2) is 11.3 Å². The Morgan fingerprint density at radius 1 is 1.26 bits per heavy atom. The number of carbonyl (C=O) groups is 1. The highest BCUT2D eigenvalue weighted by Crippen LogP contribution is 2.44. The number of hydrogen-bond donors (Lipinski definition) is 3. The molecular formula is C30H29ClFN9O2. The lowest BCUT2D eigenvalue weighted by molar-refractivity contribution is 0.136. The van der Waals surface area contributed by atoms with Crippen LogP contribution < -0.4 is 10.2 Å². The number of nitriles is 1. The molecule has 1 fully saturated rings. The highest BCUT2D eigenvalue weighted by Gasteiger charge is 2.48. The van der Waals surface area contributed by atoms with Gasteiger partial charge in [0.1, 0.15) is 11.9 Å². The van der Waals surface area contributed by atoms with E-state index in [0.717, 1.165) is 10.9 Å². The number of halogens is 2. The van der Waals surface area contributed by atoms with Crippen LogP contribution in [-0.2, 0) is 12.6 Å². The zero-order chi connectivity index (χ0) is 30.7. The molecule has 0 spiro atoms. The van der Waals surface area contributed by atoms with Crippen LogP contribution in [0.5, 0.6) is 0 Å².